The summed E-state index contributed by atoms with van der Waals surface area (Å²) in [7, 11) is 2.15. The third kappa shape index (κ3) is 2.59. The van der Waals surface area contributed by atoms with Crippen molar-refractivity contribution in [1.82, 2.24) is 0 Å². The van der Waals surface area contributed by atoms with Crippen molar-refractivity contribution in [1.29, 1.82) is 0 Å². The molecule has 0 spiro atoms. The van der Waals surface area contributed by atoms with Crippen LogP contribution >= 0.6 is 11.8 Å². The van der Waals surface area contributed by atoms with Gasteiger partial charge in [0.2, 0.25) is 0 Å². The summed E-state index contributed by atoms with van der Waals surface area (Å²) in [5.74, 6) is 0.707. The van der Waals surface area contributed by atoms with Gasteiger partial charge in [-0.3, -0.25) is 0 Å². The lowest BCUT2D eigenvalue weighted by Crippen LogP contribution is -2.12. The number of rotatable bonds is 2. The van der Waals surface area contributed by atoms with Crippen molar-refractivity contribution >= 4 is 17.4 Å². The summed E-state index contributed by atoms with van der Waals surface area (Å²) >= 11 is 1.86. The number of allylic oxidation sites excluding steroid dienone is 2. The zero-order valence-corrected chi connectivity index (χ0v) is 12.4. The SMILES string of the molecule is C=C(/C=C1/Sc2ccccc2N1C)C1CCCCC1. The van der Waals surface area contributed by atoms with Crippen molar-refractivity contribution in [3.8, 4) is 0 Å². The van der Waals surface area contributed by atoms with Crippen LogP contribution in [0.2, 0.25) is 0 Å². The first-order valence-corrected chi connectivity index (χ1v) is 7.98. The molecule has 1 nitrogen and oxygen atoms in total. The molecule has 0 aromatic heterocycles. The number of fused-ring (bicyclic) bond motifs is 1. The Hall–Kier alpha value is -1.15. The number of para-hydroxylation sites is 1. The number of thioether (sulfide) groups is 1. The lowest BCUT2D eigenvalue weighted by Gasteiger charge is -2.23. The van der Waals surface area contributed by atoms with Crippen LogP contribution in [-0.4, -0.2) is 7.05 Å². The maximum absolute atomic E-state index is 4.32. The Labute approximate surface area is 120 Å². The van der Waals surface area contributed by atoms with Gasteiger partial charge in [-0.05, 0) is 42.5 Å². The van der Waals surface area contributed by atoms with Gasteiger partial charge in [0.25, 0.3) is 0 Å². The number of anilines is 1. The Morgan fingerprint density at radius 1 is 1.26 bits per heavy atom. The topological polar surface area (TPSA) is 3.24 Å². The van der Waals surface area contributed by atoms with Crippen LogP contribution in [0.5, 0.6) is 0 Å². The molecule has 0 N–H and O–H groups in total. The quantitative estimate of drug-likeness (QED) is 0.726. The zero-order valence-electron chi connectivity index (χ0n) is 11.6. The predicted molar refractivity (Wildman–Crippen MR) is 84.5 cm³/mol. The van der Waals surface area contributed by atoms with Crippen LogP contribution in [0.1, 0.15) is 32.1 Å². The second kappa shape index (κ2) is 5.46. The van der Waals surface area contributed by atoms with E-state index in [0.717, 1.165) is 0 Å². The molecular weight excluding hydrogens is 250 g/mol. The third-order valence-electron chi connectivity index (χ3n) is 4.21. The number of nitrogens with zero attached hydrogens (tertiary/aromatic N) is 1. The molecular formula is C17H21NS. The largest absolute Gasteiger partial charge is 0.338 e. The Bertz CT molecular complexity index is 512. The van der Waals surface area contributed by atoms with Crippen molar-refractivity contribution in [2.24, 2.45) is 5.92 Å². The highest BCUT2D eigenvalue weighted by atomic mass is 32.2. The molecule has 19 heavy (non-hydrogen) atoms. The van der Waals surface area contributed by atoms with E-state index in [9.17, 15) is 0 Å². The molecule has 1 heterocycles. The minimum Gasteiger partial charge on any atom is -0.338 e. The molecule has 2 aliphatic rings. The standard InChI is InChI=1S/C17H21NS/c1-13(14-8-4-3-5-9-14)12-17-18(2)15-10-6-7-11-16(15)19-17/h6-7,10-12,14H,1,3-5,8-9H2,2H3/b17-12+. The Balaban J connectivity index is 1.77. The molecule has 1 aromatic rings. The maximum atomic E-state index is 4.32. The lowest BCUT2D eigenvalue weighted by atomic mass is 9.84. The fourth-order valence-corrected chi connectivity index (χ4v) is 4.12. The van der Waals surface area contributed by atoms with E-state index in [1.807, 2.05) is 11.8 Å². The Kier molecular flexibility index (Phi) is 3.69. The molecule has 1 saturated carbocycles. The molecule has 0 bridgehead atoms. The molecule has 0 amide bonds. The van der Waals surface area contributed by atoms with Crippen molar-refractivity contribution in [2.75, 3.05) is 11.9 Å². The molecule has 2 heteroatoms. The number of hydrogen-bond acceptors (Lipinski definition) is 2. The normalized spacial score (nSPS) is 21.7. The van der Waals surface area contributed by atoms with Gasteiger partial charge in [-0.2, -0.15) is 0 Å². The fraction of sp³-hybridized carbons (Fsp3) is 0.412. The monoisotopic (exact) mass is 271 g/mol. The van der Waals surface area contributed by atoms with Gasteiger partial charge < -0.3 is 4.90 Å². The summed E-state index contributed by atoms with van der Waals surface area (Å²) in [6.07, 6.45) is 9.10. The highest BCUT2D eigenvalue weighted by Gasteiger charge is 2.23. The van der Waals surface area contributed by atoms with Gasteiger partial charge in [0, 0.05) is 11.9 Å². The van der Waals surface area contributed by atoms with Crippen LogP contribution < -0.4 is 4.90 Å². The summed E-state index contributed by atoms with van der Waals surface area (Å²) in [4.78, 5) is 3.64. The molecule has 1 aliphatic heterocycles. The molecule has 1 aliphatic carbocycles. The van der Waals surface area contributed by atoms with Crippen LogP contribution in [0.3, 0.4) is 0 Å². The van der Waals surface area contributed by atoms with Crippen LogP contribution in [0.4, 0.5) is 5.69 Å². The summed E-state index contributed by atoms with van der Waals surface area (Å²) < 4.78 is 0. The maximum Gasteiger partial charge on any atom is 0.0801 e. The highest BCUT2D eigenvalue weighted by molar-refractivity contribution is 8.03. The van der Waals surface area contributed by atoms with E-state index in [1.165, 1.54) is 53.3 Å². The third-order valence-corrected chi connectivity index (χ3v) is 5.38. The average molecular weight is 271 g/mol. The number of benzene rings is 1. The molecule has 0 unspecified atom stereocenters. The molecule has 0 radical (unpaired) electrons. The first kappa shape index (κ1) is 12.9. The predicted octanol–water partition coefficient (Wildman–Crippen LogP) is 5.21. The Morgan fingerprint density at radius 3 is 2.74 bits per heavy atom. The van der Waals surface area contributed by atoms with E-state index < -0.39 is 0 Å². The van der Waals surface area contributed by atoms with Gasteiger partial charge in [-0.1, -0.05) is 49.7 Å². The van der Waals surface area contributed by atoms with Gasteiger partial charge in [0.05, 0.1) is 10.7 Å². The summed E-state index contributed by atoms with van der Waals surface area (Å²) in [5.41, 5.74) is 2.64. The first-order valence-electron chi connectivity index (χ1n) is 7.17. The lowest BCUT2D eigenvalue weighted by molar-refractivity contribution is 0.409. The molecule has 1 aromatic carbocycles. The molecule has 100 valence electrons. The van der Waals surface area contributed by atoms with Gasteiger partial charge in [-0.25, -0.2) is 0 Å². The van der Waals surface area contributed by atoms with Crippen molar-refractivity contribution in [3.05, 3.63) is 47.5 Å². The van der Waals surface area contributed by atoms with Crippen molar-refractivity contribution < 1.29 is 0 Å². The molecule has 3 rings (SSSR count). The van der Waals surface area contributed by atoms with E-state index in [4.69, 9.17) is 0 Å². The minimum absolute atomic E-state index is 0.707. The van der Waals surface area contributed by atoms with Gasteiger partial charge in [0.1, 0.15) is 0 Å². The van der Waals surface area contributed by atoms with Crippen LogP contribution in [0, 0.1) is 5.92 Å². The van der Waals surface area contributed by atoms with E-state index in [-0.39, 0.29) is 0 Å². The summed E-state index contributed by atoms with van der Waals surface area (Å²) in [5, 5.41) is 1.32. The van der Waals surface area contributed by atoms with Gasteiger partial charge in [-0.15, -0.1) is 0 Å². The average Bonchev–Trinajstić information content (AvgIpc) is 2.77. The second-order valence-electron chi connectivity index (χ2n) is 5.52. The van der Waals surface area contributed by atoms with Gasteiger partial charge >= 0.3 is 0 Å². The summed E-state index contributed by atoms with van der Waals surface area (Å²) in [6.45, 7) is 4.32. The van der Waals surface area contributed by atoms with Gasteiger partial charge in [0.15, 0.2) is 0 Å². The van der Waals surface area contributed by atoms with Crippen LogP contribution in [0.25, 0.3) is 0 Å². The molecule has 0 atom stereocenters. The van der Waals surface area contributed by atoms with E-state index in [2.05, 4.69) is 48.9 Å². The smallest absolute Gasteiger partial charge is 0.0801 e. The van der Waals surface area contributed by atoms with Crippen LogP contribution in [0.15, 0.2) is 52.4 Å². The van der Waals surface area contributed by atoms with Crippen LogP contribution in [-0.2, 0) is 0 Å². The van der Waals surface area contributed by atoms with E-state index in [0.29, 0.717) is 5.92 Å². The highest BCUT2D eigenvalue weighted by Crippen LogP contribution is 2.45. The summed E-state index contributed by atoms with van der Waals surface area (Å²) in [6, 6.07) is 8.60. The minimum atomic E-state index is 0.707. The van der Waals surface area contributed by atoms with Crippen molar-refractivity contribution in [2.45, 2.75) is 37.0 Å². The fourth-order valence-electron chi connectivity index (χ4n) is 3.00. The van der Waals surface area contributed by atoms with Crippen molar-refractivity contribution in [3.63, 3.8) is 0 Å². The second-order valence-corrected chi connectivity index (χ2v) is 6.58. The van der Waals surface area contributed by atoms with E-state index in [1.54, 1.807) is 0 Å². The Morgan fingerprint density at radius 2 is 2.00 bits per heavy atom. The van der Waals surface area contributed by atoms with E-state index >= 15 is 0 Å². The molecule has 0 saturated heterocycles. The molecule has 1 fully saturated rings. The first-order chi connectivity index (χ1) is 9.25. The number of hydrogen-bond donors (Lipinski definition) is 0. The zero-order chi connectivity index (χ0) is 13.2.